The third kappa shape index (κ3) is 2.92. The maximum Gasteiger partial charge on any atom is 0.228 e. The molecule has 2 atom stereocenters. The van der Waals surface area contributed by atoms with Gasteiger partial charge in [-0.25, -0.2) is 0 Å². The fraction of sp³-hybridized carbons (Fsp3) is 0.933. The maximum absolute atomic E-state index is 12.7. The topological polar surface area (TPSA) is 32.3 Å². The molecule has 110 valence electrons. The molecule has 0 bridgehead atoms. The summed E-state index contributed by atoms with van der Waals surface area (Å²) in [5.74, 6) is 2.13. The van der Waals surface area contributed by atoms with E-state index in [-0.39, 0.29) is 17.8 Å². The third-order valence-electron chi connectivity index (χ3n) is 5.34. The van der Waals surface area contributed by atoms with Crippen molar-refractivity contribution in [3.63, 3.8) is 0 Å². The number of nitrogens with zero attached hydrogens (tertiary/aromatic N) is 1. The second-order valence-corrected chi connectivity index (χ2v) is 6.58. The zero-order valence-electron chi connectivity index (χ0n) is 12.0. The third-order valence-corrected chi connectivity index (χ3v) is 5.34. The molecule has 3 fully saturated rings. The Morgan fingerprint density at radius 1 is 1.21 bits per heavy atom. The van der Waals surface area contributed by atoms with Crippen LogP contribution >= 0.6 is 12.4 Å². The molecule has 2 heterocycles. The van der Waals surface area contributed by atoms with Crippen molar-refractivity contribution in [2.75, 3.05) is 26.2 Å². The fourth-order valence-electron chi connectivity index (χ4n) is 3.96. The lowest BCUT2D eigenvalue weighted by Crippen LogP contribution is -2.38. The van der Waals surface area contributed by atoms with E-state index in [1.165, 1.54) is 25.9 Å². The summed E-state index contributed by atoms with van der Waals surface area (Å²) in [5.41, 5.74) is 0.0758. The molecule has 0 unspecified atom stereocenters. The van der Waals surface area contributed by atoms with Crippen LogP contribution in [0.4, 0.5) is 0 Å². The molecular formula is C15H27ClN2O. The summed E-state index contributed by atoms with van der Waals surface area (Å²) in [4.78, 5) is 14.9. The van der Waals surface area contributed by atoms with Gasteiger partial charge in [0.15, 0.2) is 0 Å². The van der Waals surface area contributed by atoms with Crippen LogP contribution < -0.4 is 5.32 Å². The van der Waals surface area contributed by atoms with Gasteiger partial charge in [0.1, 0.15) is 0 Å². The number of carbonyl (C=O) groups is 1. The highest BCUT2D eigenvalue weighted by molar-refractivity contribution is 5.85. The number of hydrogen-bond donors (Lipinski definition) is 1. The van der Waals surface area contributed by atoms with E-state index in [1.807, 2.05) is 0 Å². The van der Waals surface area contributed by atoms with E-state index in [1.54, 1.807) is 0 Å². The number of hydrogen-bond acceptors (Lipinski definition) is 2. The Kier molecular flexibility index (Phi) is 4.78. The van der Waals surface area contributed by atoms with Crippen LogP contribution in [0.3, 0.4) is 0 Å². The first-order valence-corrected chi connectivity index (χ1v) is 7.75. The predicted molar refractivity (Wildman–Crippen MR) is 79.5 cm³/mol. The zero-order chi connectivity index (χ0) is 12.6. The Hall–Kier alpha value is -0.280. The van der Waals surface area contributed by atoms with Crippen LogP contribution in [0.1, 0.15) is 45.4 Å². The molecule has 3 nitrogen and oxygen atoms in total. The van der Waals surface area contributed by atoms with Crippen molar-refractivity contribution >= 4 is 18.3 Å². The summed E-state index contributed by atoms with van der Waals surface area (Å²) in [6.45, 7) is 6.56. The van der Waals surface area contributed by atoms with Crippen molar-refractivity contribution in [3.05, 3.63) is 0 Å². The van der Waals surface area contributed by atoms with Crippen LogP contribution in [0.25, 0.3) is 0 Å². The van der Waals surface area contributed by atoms with Crippen molar-refractivity contribution in [3.8, 4) is 0 Å². The van der Waals surface area contributed by atoms with Crippen LogP contribution in [0.2, 0.25) is 0 Å². The van der Waals surface area contributed by atoms with Gasteiger partial charge in [-0.15, -0.1) is 12.4 Å². The number of rotatable bonds is 3. The molecule has 0 aromatic rings. The van der Waals surface area contributed by atoms with Gasteiger partial charge in [-0.1, -0.05) is 13.3 Å². The Balaban J connectivity index is 0.00000133. The summed E-state index contributed by atoms with van der Waals surface area (Å²) in [6.07, 6.45) is 6.97. The van der Waals surface area contributed by atoms with E-state index in [4.69, 9.17) is 0 Å². The predicted octanol–water partition coefficient (Wildman–Crippen LogP) is 2.45. The highest BCUT2D eigenvalue weighted by atomic mass is 35.5. The summed E-state index contributed by atoms with van der Waals surface area (Å²) >= 11 is 0. The van der Waals surface area contributed by atoms with Gasteiger partial charge in [-0.05, 0) is 57.0 Å². The molecule has 1 aliphatic carbocycles. The van der Waals surface area contributed by atoms with Crippen LogP contribution in [0, 0.1) is 17.3 Å². The lowest BCUT2D eigenvalue weighted by atomic mass is 9.92. The summed E-state index contributed by atoms with van der Waals surface area (Å²) < 4.78 is 0. The number of fused-ring (bicyclic) bond motifs is 1. The maximum atomic E-state index is 12.7. The molecule has 4 heteroatoms. The van der Waals surface area contributed by atoms with Crippen LogP contribution in [-0.4, -0.2) is 37.0 Å². The monoisotopic (exact) mass is 286 g/mol. The van der Waals surface area contributed by atoms with E-state index in [0.717, 1.165) is 50.6 Å². The van der Waals surface area contributed by atoms with E-state index < -0.39 is 0 Å². The molecule has 3 aliphatic rings. The lowest BCUT2D eigenvalue weighted by molar-refractivity contribution is -0.137. The Bertz CT molecular complexity index is 316. The molecule has 0 aromatic heterocycles. The smallest absolute Gasteiger partial charge is 0.228 e. The second kappa shape index (κ2) is 6.01. The molecule has 0 aromatic carbocycles. The summed E-state index contributed by atoms with van der Waals surface area (Å²) in [6, 6.07) is 0. The first-order chi connectivity index (χ1) is 8.75. The van der Waals surface area contributed by atoms with Gasteiger partial charge in [0, 0.05) is 18.5 Å². The largest absolute Gasteiger partial charge is 0.342 e. The van der Waals surface area contributed by atoms with Gasteiger partial charge in [0.25, 0.3) is 0 Å². The van der Waals surface area contributed by atoms with Gasteiger partial charge >= 0.3 is 0 Å². The van der Waals surface area contributed by atoms with Crippen molar-refractivity contribution in [1.29, 1.82) is 0 Å². The number of amides is 1. The number of halogens is 1. The van der Waals surface area contributed by atoms with E-state index in [0.29, 0.717) is 5.91 Å². The number of carbonyl (C=O) groups excluding carboxylic acids is 1. The highest BCUT2D eigenvalue weighted by Gasteiger charge is 2.50. The first-order valence-electron chi connectivity index (χ1n) is 7.75. The van der Waals surface area contributed by atoms with E-state index in [9.17, 15) is 4.79 Å². The molecule has 2 saturated heterocycles. The standard InChI is InChI=1S/C15H26N2O.ClH/c1-2-5-15(6-7-15)14(18)17-8-3-12-10-16-11-13(12)4-9-17;/h12-13,16H,2-11H2,1H3;1H/t12-,13+;. The molecule has 1 amide bonds. The van der Waals surface area contributed by atoms with Crippen LogP contribution in [-0.2, 0) is 4.79 Å². The zero-order valence-corrected chi connectivity index (χ0v) is 12.8. The van der Waals surface area contributed by atoms with E-state index >= 15 is 0 Å². The molecule has 1 saturated carbocycles. The molecule has 2 aliphatic heterocycles. The summed E-state index contributed by atoms with van der Waals surface area (Å²) in [5, 5.41) is 3.50. The van der Waals surface area contributed by atoms with E-state index in [2.05, 4.69) is 17.1 Å². The summed E-state index contributed by atoms with van der Waals surface area (Å²) in [7, 11) is 0. The highest BCUT2D eigenvalue weighted by Crippen LogP contribution is 2.51. The number of likely N-dealkylation sites (tertiary alicyclic amines) is 1. The average molecular weight is 287 g/mol. The van der Waals surface area contributed by atoms with Crippen molar-refractivity contribution < 1.29 is 4.79 Å². The average Bonchev–Trinajstić information content (AvgIpc) is 3.07. The van der Waals surface area contributed by atoms with Crippen molar-refractivity contribution in [2.45, 2.75) is 45.4 Å². The SMILES string of the molecule is CCCC1(C(=O)N2CC[C@@H]3CNC[C@@H]3CC2)CC1.Cl. The lowest BCUT2D eigenvalue weighted by Gasteiger charge is -2.26. The fourth-order valence-corrected chi connectivity index (χ4v) is 3.96. The Morgan fingerprint density at radius 2 is 1.79 bits per heavy atom. The minimum Gasteiger partial charge on any atom is -0.342 e. The van der Waals surface area contributed by atoms with Gasteiger partial charge in [0.05, 0.1) is 0 Å². The Labute approximate surface area is 122 Å². The minimum atomic E-state index is 0. The van der Waals surface area contributed by atoms with Crippen molar-refractivity contribution in [1.82, 2.24) is 10.2 Å². The van der Waals surface area contributed by atoms with Crippen molar-refractivity contribution in [2.24, 2.45) is 17.3 Å². The Morgan fingerprint density at radius 3 is 2.26 bits per heavy atom. The molecule has 1 N–H and O–H groups in total. The van der Waals surface area contributed by atoms with Crippen LogP contribution in [0.5, 0.6) is 0 Å². The van der Waals surface area contributed by atoms with Gasteiger partial charge in [0.2, 0.25) is 5.91 Å². The van der Waals surface area contributed by atoms with Gasteiger partial charge in [-0.2, -0.15) is 0 Å². The number of nitrogens with one attached hydrogen (secondary N) is 1. The molecule has 0 radical (unpaired) electrons. The second-order valence-electron chi connectivity index (χ2n) is 6.58. The van der Waals surface area contributed by atoms with Crippen LogP contribution in [0.15, 0.2) is 0 Å². The normalized spacial score (nSPS) is 32.2. The van der Waals surface area contributed by atoms with Gasteiger partial charge < -0.3 is 10.2 Å². The first kappa shape index (κ1) is 15.1. The molecule has 0 spiro atoms. The molecular weight excluding hydrogens is 260 g/mol. The minimum absolute atomic E-state index is 0. The molecule has 3 rings (SSSR count). The van der Waals surface area contributed by atoms with Gasteiger partial charge in [-0.3, -0.25) is 4.79 Å². The molecule has 19 heavy (non-hydrogen) atoms. The quantitative estimate of drug-likeness (QED) is 0.864.